The first-order valence-corrected chi connectivity index (χ1v) is 10.2. The molecule has 0 saturated carbocycles. The van der Waals surface area contributed by atoms with Crippen LogP contribution in [0.4, 0.5) is 13.6 Å². The molecule has 170 valence electrons. The number of nitrogens with zero attached hydrogens (tertiary/aromatic N) is 2. The number of oxime groups is 1. The second-order valence-corrected chi connectivity index (χ2v) is 7.95. The Kier molecular flexibility index (Phi) is 5.96. The Balaban J connectivity index is 1.67. The summed E-state index contributed by atoms with van der Waals surface area (Å²) < 4.78 is 34.5. The molecular formula is C22H23F2N3O5. The number of aliphatic hydroxyl groups is 1. The van der Waals surface area contributed by atoms with E-state index in [4.69, 9.17) is 9.57 Å². The fourth-order valence-electron chi connectivity index (χ4n) is 4.11. The van der Waals surface area contributed by atoms with Gasteiger partial charge in [-0.25, -0.2) is 13.6 Å². The van der Waals surface area contributed by atoms with Gasteiger partial charge < -0.3 is 20.0 Å². The summed E-state index contributed by atoms with van der Waals surface area (Å²) in [5, 5.41) is 16.1. The minimum absolute atomic E-state index is 0.0701. The van der Waals surface area contributed by atoms with Crippen LogP contribution in [0, 0.1) is 5.82 Å². The first kappa shape index (κ1) is 21.9. The number of cyclic esters (lactones) is 1. The predicted octanol–water partition coefficient (Wildman–Crippen LogP) is 2.17. The van der Waals surface area contributed by atoms with Gasteiger partial charge in [0.15, 0.2) is 6.10 Å². The number of ether oxygens (including phenoxy) is 1. The summed E-state index contributed by atoms with van der Waals surface area (Å²) in [5.41, 5.74) is -0.661. The van der Waals surface area contributed by atoms with E-state index in [1.165, 1.54) is 36.1 Å². The molecule has 8 nitrogen and oxygen atoms in total. The third kappa shape index (κ3) is 4.10. The van der Waals surface area contributed by atoms with Crippen molar-refractivity contribution in [2.75, 3.05) is 19.7 Å². The van der Waals surface area contributed by atoms with E-state index in [0.717, 1.165) is 0 Å². The molecule has 3 aliphatic rings. The van der Waals surface area contributed by atoms with Crippen LogP contribution in [0.2, 0.25) is 0 Å². The zero-order valence-electron chi connectivity index (χ0n) is 17.3. The van der Waals surface area contributed by atoms with Gasteiger partial charge in [0.2, 0.25) is 5.91 Å². The summed E-state index contributed by atoms with van der Waals surface area (Å²) in [4.78, 5) is 30.5. The Labute approximate surface area is 183 Å². The number of rotatable bonds is 6. The van der Waals surface area contributed by atoms with Crippen LogP contribution in [0.25, 0.3) is 0 Å². The summed E-state index contributed by atoms with van der Waals surface area (Å²) >= 11 is 0. The van der Waals surface area contributed by atoms with Crippen molar-refractivity contribution < 1.29 is 33.1 Å². The van der Waals surface area contributed by atoms with Crippen molar-refractivity contribution in [2.24, 2.45) is 5.16 Å². The molecule has 2 amide bonds. The zero-order chi connectivity index (χ0) is 22.9. The molecule has 4 unspecified atom stereocenters. The molecule has 1 fully saturated rings. The highest BCUT2D eigenvalue weighted by Gasteiger charge is 2.51. The van der Waals surface area contributed by atoms with E-state index in [-0.39, 0.29) is 32.0 Å². The lowest BCUT2D eigenvalue weighted by atomic mass is 9.80. The molecule has 2 N–H and O–H groups in total. The number of carbonyl (C=O) groups is 2. The Morgan fingerprint density at radius 1 is 1.38 bits per heavy atom. The fourth-order valence-corrected chi connectivity index (χ4v) is 4.11. The van der Waals surface area contributed by atoms with Crippen molar-refractivity contribution >= 4 is 17.7 Å². The lowest BCUT2D eigenvalue weighted by molar-refractivity contribution is -0.119. The van der Waals surface area contributed by atoms with Gasteiger partial charge in [0.25, 0.3) is 0 Å². The summed E-state index contributed by atoms with van der Waals surface area (Å²) in [6.07, 6.45) is 2.66. The number of allylic oxidation sites excluding steroid dienone is 2. The number of carbonyl (C=O) groups excluding carboxylic acids is 2. The van der Waals surface area contributed by atoms with Gasteiger partial charge in [0, 0.05) is 13.3 Å². The van der Waals surface area contributed by atoms with Crippen LogP contribution in [0.15, 0.2) is 53.5 Å². The van der Waals surface area contributed by atoms with Gasteiger partial charge in [-0.1, -0.05) is 29.4 Å². The van der Waals surface area contributed by atoms with E-state index in [9.17, 15) is 19.1 Å². The van der Waals surface area contributed by atoms with E-state index in [0.29, 0.717) is 11.3 Å². The van der Waals surface area contributed by atoms with Gasteiger partial charge in [-0.15, -0.1) is 0 Å². The van der Waals surface area contributed by atoms with Crippen LogP contribution >= 0.6 is 0 Å². The highest BCUT2D eigenvalue weighted by Crippen LogP contribution is 2.40. The smallest absolute Gasteiger partial charge is 0.411 e. The van der Waals surface area contributed by atoms with Gasteiger partial charge in [-0.2, -0.15) is 0 Å². The SMILES string of the molecule is CC(=O)NCC1CN(C2(C3=NOC(CO)C3)C=CC(c3cccc(F)c3)C(F)=C2)C(=O)O1. The molecule has 32 heavy (non-hydrogen) atoms. The van der Waals surface area contributed by atoms with Gasteiger partial charge in [-0.3, -0.25) is 9.69 Å². The van der Waals surface area contributed by atoms with Crippen LogP contribution in [-0.4, -0.2) is 65.2 Å². The zero-order valence-corrected chi connectivity index (χ0v) is 17.3. The van der Waals surface area contributed by atoms with Crippen LogP contribution in [0.1, 0.15) is 24.8 Å². The number of aliphatic hydroxyl groups excluding tert-OH is 1. The van der Waals surface area contributed by atoms with Gasteiger partial charge in [-0.05, 0) is 23.8 Å². The molecule has 0 aromatic heterocycles. The highest BCUT2D eigenvalue weighted by atomic mass is 19.1. The third-order valence-electron chi connectivity index (χ3n) is 5.70. The molecule has 0 spiro atoms. The predicted molar refractivity (Wildman–Crippen MR) is 110 cm³/mol. The Morgan fingerprint density at radius 2 is 2.19 bits per heavy atom. The quantitative estimate of drug-likeness (QED) is 0.651. The lowest BCUT2D eigenvalue weighted by Crippen LogP contribution is -2.54. The van der Waals surface area contributed by atoms with Crippen molar-refractivity contribution in [3.63, 3.8) is 0 Å². The maximum absolute atomic E-state index is 15.4. The Hall–Kier alpha value is -3.27. The number of amides is 2. The monoisotopic (exact) mass is 447 g/mol. The first-order valence-electron chi connectivity index (χ1n) is 10.2. The second kappa shape index (κ2) is 8.70. The summed E-state index contributed by atoms with van der Waals surface area (Å²) in [7, 11) is 0. The molecule has 10 heteroatoms. The van der Waals surface area contributed by atoms with Crippen LogP contribution in [0.5, 0.6) is 0 Å². The molecule has 1 aromatic carbocycles. The summed E-state index contributed by atoms with van der Waals surface area (Å²) in [6, 6.07) is 5.64. The second-order valence-electron chi connectivity index (χ2n) is 7.95. The highest BCUT2D eigenvalue weighted by molar-refractivity contribution is 6.01. The maximum Gasteiger partial charge on any atom is 0.411 e. The normalized spacial score (nSPS) is 29.3. The average molecular weight is 447 g/mol. The molecule has 1 saturated heterocycles. The molecule has 1 aliphatic carbocycles. The number of halogens is 2. The molecule has 0 radical (unpaired) electrons. The molecule has 0 bridgehead atoms. The van der Waals surface area contributed by atoms with Crippen molar-refractivity contribution in [3.8, 4) is 0 Å². The number of hydrogen-bond acceptors (Lipinski definition) is 6. The maximum atomic E-state index is 15.4. The van der Waals surface area contributed by atoms with Gasteiger partial charge in [0.05, 0.1) is 31.3 Å². The molecule has 1 aromatic rings. The van der Waals surface area contributed by atoms with Crippen LogP contribution in [0.3, 0.4) is 0 Å². The topological polar surface area (TPSA) is 100 Å². The van der Waals surface area contributed by atoms with Gasteiger partial charge >= 0.3 is 6.09 Å². The summed E-state index contributed by atoms with van der Waals surface area (Å²) in [5.74, 6) is -2.17. The molecule has 2 heterocycles. The molecule has 4 atom stereocenters. The number of benzene rings is 1. The summed E-state index contributed by atoms with van der Waals surface area (Å²) in [6.45, 7) is 1.24. The van der Waals surface area contributed by atoms with Crippen molar-refractivity contribution in [3.05, 3.63) is 59.7 Å². The van der Waals surface area contributed by atoms with E-state index < -0.39 is 41.4 Å². The first-order chi connectivity index (χ1) is 15.3. The Morgan fingerprint density at radius 3 is 2.84 bits per heavy atom. The molecule has 2 aliphatic heterocycles. The van der Waals surface area contributed by atoms with Crippen LogP contribution < -0.4 is 5.32 Å². The molecule has 4 rings (SSSR count). The largest absolute Gasteiger partial charge is 0.442 e. The number of nitrogens with one attached hydrogen (secondary N) is 1. The van der Waals surface area contributed by atoms with Crippen molar-refractivity contribution in [1.29, 1.82) is 0 Å². The fraction of sp³-hybridized carbons (Fsp3) is 0.409. The van der Waals surface area contributed by atoms with Crippen LogP contribution in [-0.2, 0) is 14.4 Å². The third-order valence-corrected chi connectivity index (χ3v) is 5.70. The standard InChI is InChI=1S/C22H23F2N3O5/c1-13(29)25-10-17-11-27(21(30)31-17)22(20-8-16(12-28)32-26-20)6-5-18(19(24)9-22)14-3-2-4-15(23)7-14/h2-7,9,16-18,28H,8,10-12H2,1H3,(H,25,29). The van der Waals surface area contributed by atoms with Crippen molar-refractivity contribution in [2.45, 2.75) is 37.0 Å². The number of hydrogen-bond donors (Lipinski definition) is 2. The van der Waals surface area contributed by atoms with Gasteiger partial charge in [0.1, 0.15) is 23.3 Å². The minimum Gasteiger partial charge on any atom is -0.442 e. The molecular weight excluding hydrogens is 424 g/mol. The van der Waals surface area contributed by atoms with E-state index in [1.807, 2.05) is 0 Å². The lowest BCUT2D eigenvalue weighted by Gasteiger charge is -2.38. The van der Waals surface area contributed by atoms with E-state index in [2.05, 4.69) is 10.5 Å². The van der Waals surface area contributed by atoms with E-state index in [1.54, 1.807) is 18.2 Å². The average Bonchev–Trinajstić information content (AvgIpc) is 3.39. The van der Waals surface area contributed by atoms with E-state index >= 15 is 4.39 Å². The minimum atomic E-state index is -1.42. The van der Waals surface area contributed by atoms with Crippen molar-refractivity contribution in [1.82, 2.24) is 10.2 Å². The Bertz CT molecular complexity index is 1010.